The van der Waals surface area contributed by atoms with Gasteiger partial charge in [0.05, 0.1) is 6.26 Å². The van der Waals surface area contributed by atoms with Crippen LogP contribution in [-0.4, -0.2) is 12.4 Å². The average Bonchev–Trinajstić information content (AvgIpc) is 2.89. The minimum atomic E-state index is -0.157. The molecule has 3 heteroatoms. The summed E-state index contributed by atoms with van der Waals surface area (Å²) < 4.78 is 10.8. The first-order valence-corrected chi connectivity index (χ1v) is 6.68. The SMILES string of the molecule is Cc1ccc(OCC(=O)c2ccco2)c(C(C)(C)C)c1. The van der Waals surface area contributed by atoms with Gasteiger partial charge < -0.3 is 9.15 Å². The Morgan fingerprint density at radius 1 is 1.25 bits per heavy atom. The number of hydrogen-bond donors (Lipinski definition) is 0. The normalized spacial score (nSPS) is 11.4. The number of ketones is 1. The van der Waals surface area contributed by atoms with Gasteiger partial charge in [-0.3, -0.25) is 4.79 Å². The first-order chi connectivity index (χ1) is 9.38. The van der Waals surface area contributed by atoms with Crippen LogP contribution in [0.2, 0.25) is 0 Å². The number of rotatable bonds is 4. The monoisotopic (exact) mass is 272 g/mol. The second-order valence-electron chi connectivity index (χ2n) is 5.94. The van der Waals surface area contributed by atoms with Gasteiger partial charge in [0.2, 0.25) is 5.78 Å². The lowest BCUT2D eigenvalue weighted by Crippen LogP contribution is -2.17. The molecule has 0 unspecified atom stereocenters. The van der Waals surface area contributed by atoms with E-state index in [4.69, 9.17) is 9.15 Å². The van der Waals surface area contributed by atoms with E-state index in [0.29, 0.717) is 5.76 Å². The van der Waals surface area contributed by atoms with Crippen molar-refractivity contribution < 1.29 is 13.9 Å². The molecular formula is C17H20O3. The molecule has 0 atom stereocenters. The van der Waals surface area contributed by atoms with Crippen LogP contribution in [0.3, 0.4) is 0 Å². The molecule has 2 aromatic rings. The Balaban J connectivity index is 2.16. The first-order valence-electron chi connectivity index (χ1n) is 6.68. The second-order valence-corrected chi connectivity index (χ2v) is 5.94. The fourth-order valence-corrected chi connectivity index (χ4v) is 2.01. The largest absolute Gasteiger partial charge is 0.485 e. The van der Waals surface area contributed by atoms with Gasteiger partial charge in [0.1, 0.15) is 5.75 Å². The van der Waals surface area contributed by atoms with E-state index in [9.17, 15) is 4.79 Å². The number of carbonyl (C=O) groups is 1. The van der Waals surface area contributed by atoms with Crippen LogP contribution in [-0.2, 0) is 5.41 Å². The zero-order chi connectivity index (χ0) is 14.8. The van der Waals surface area contributed by atoms with Crippen molar-refractivity contribution in [2.75, 3.05) is 6.61 Å². The third-order valence-electron chi connectivity index (χ3n) is 3.10. The molecule has 1 heterocycles. The maximum Gasteiger partial charge on any atom is 0.235 e. The highest BCUT2D eigenvalue weighted by molar-refractivity contribution is 5.94. The molecule has 0 bridgehead atoms. The molecule has 3 nitrogen and oxygen atoms in total. The van der Waals surface area contributed by atoms with Crippen LogP contribution in [0.25, 0.3) is 0 Å². The maximum atomic E-state index is 11.9. The number of Topliss-reactive ketones (excluding diaryl/α,β-unsaturated/α-hetero) is 1. The summed E-state index contributed by atoms with van der Waals surface area (Å²) in [7, 11) is 0. The van der Waals surface area contributed by atoms with E-state index >= 15 is 0 Å². The first kappa shape index (κ1) is 14.4. The van der Waals surface area contributed by atoms with Crippen LogP contribution in [0.4, 0.5) is 0 Å². The van der Waals surface area contributed by atoms with Crippen LogP contribution in [0, 0.1) is 6.92 Å². The molecule has 2 rings (SSSR count). The molecule has 0 radical (unpaired) electrons. The third kappa shape index (κ3) is 3.29. The number of carbonyl (C=O) groups excluding carboxylic acids is 1. The second kappa shape index (κ2) is 5.53. The lowest BCUT2D eigenvalue weighted by molar-refractivity contribution is 0.0892. The highest BCUT2D eigenvalue weighted by Crippen LogP contribution is 2.32. The number of ether oxygens (including phenoxy) is 1. The van der Waals surface area contributed by atoms with Crippen LogP contribution in [0.1, 0.15) is 42.5 Å². The van der Waals surface area contributed by atoms with E-state index in [1.165, 1.54) is 11.8 Å². The molecule has 0 amide bonds. The zero-order valence-electron chi connectivity index (χ0n) is 12.4. The predicted molar refractivity (Wildman–Crippen MR) is 78.4 cm³/mol. The van der Waals surface area contributed by atoms with Crippen molar-refractivity contribution in [1.29, 1.82) is 0 Å². The molecule has 1 aromatic heterocycles. The van der Waals surface area contributed by atoms with E-state index in [2.05, 4.69) is 26.8 Å². The van der Waals surface area contributed by atoms with Crippen molar-refractivity contribution in [3.05, 3.63) is 53.5 Å². The number of hydrogen-bond acceptors (Lipinski definition) is 3. The lowest BCUT2D eigenvalue weighted by atomic mass is 9.85. The predicted octanol–water partition coefficient (Wildman–Crippen LogP) is 4.15. The molecule has 20 heavy (non-hydrogen) atoms. The number of benzene rings is 1. The minimum absolute atomic E-state index is 0.0142. The van der Waals surface area contributed by atoms with Gasteiger partial charge in [0.25, 0.3) is 0 Å². The van der Waals surface area contributed by atoms with Gasteiger partial charge in [-0.05, 0) is 36.1 Å². The van der Waals surface area contributed by atoms with Crippen molar-refractivity contribution in [3.63, 3.8) is 0 Å². The summed E-state index contributed by atoms with van der Waals surface area (Å²) in [6, 6.07) is 9.35. The van der Waals surface area contributed by atoms with Crippen molar-refractivity contribution in [3.8, 4) is 5.75 Å². The van der Waals surface area contributed by atoms with Crippen molar-refractivity contribution >= 4 is 5.78 Å². The van der Waals surface area contributed by atoms with Gasteiger partial charge in [-0.1, -0.05) is 38.5 Å². The Kier molecular flexibility index (Phi) is 3.98. The van der Waals surface area contributed by atoms with Gasteiger partial charge in [-0.25, -0.2) is 0 Å². The summed E-state index contributed by atoms with van der Waals surface area (Å²) in [4.78, 5) is 11.9. The standard InChI is InChI=1S/C17H20O3/c1-12-7-8-15(13(10-12)17(2,3)4)20-11-14(18)16-6-5-9-19-16/h5-10H,11H2,1-4H3. The van der Waals surface area contributed by atoms with Crippen molar-refractivity contribution in [2.24, 2.45) is 0 Å². The van der Waals surface area contributed by atoms with E-state index in [1.807, 2.05) is 19.1 Å². The highest BCUT2D eigenvalue weighted by atomic mass is 16.5. The molecule has 0 saturated heterocycles. The Hall–Kier alpha value is -2.03. The van der Waals surface area contributed by atoms with Gasteiger partial charge in [-0.15, -0.1) is 0 Å². The van der Waals surface area contributed by atoms with E-state index in [-0.39, 0.29) is 17.8 Å². The van der Waals surface area contributed by atoms with E-state index < -0.39 is 0 Å². The summed E-state index contributed by atoms with van der Waals surface area (Å²) >= 11 is 0. The van der Waals surface area contributed by atoms with E-state index in [1.54, 1.807) is 12.1 Å². The van der Waals surface area contributed by atoms with Crippen LogP contribution in [0.15, 0.2) is 41.0 Å². The average molecular weight is 272 g/mol. The summed E-state index contributed by atoms with van der Waals surface area (Å²) in [6.07, 6.45) is 1.49. The quantitative estimate of drug-likeness (QED) is 0.785. The summed E-state index contributed by atoms with van der Waals surface area (Å²) in [5.41, 5.74) is 2.25. The van der Waals surface area contributed by atoms with Crippen LogP contribution >= 0.6 is 0 Å². The Morgan fingerprint density at radius 2 is 2.00 bits per heavy atom. The van der Waals surface area contributed by atoms with Crippen molar-refractivity contribution in [1.82, 2.24) is 0 Å². The molecule has 0 saturated carbocycles. The number of aryl methyl sites for hydroxylation is 1. The molecule has 0 spiro atoms. The molecule has 0 aliphatic carbocycles. The molecule has 0 aliphatic rings. The Bertz CT molecular complexity index is 589. The smallest absolute Gasteiger partial charge is 0.235 e. The van der Waals surface area contributed by atoms with Crippen LogP contribution in [0.5, 0.6) is 5.75 Å². The molecule has 106 valence electrons. The Labute approximate surface area is 119 Å². The van der Waals surface area contributed by atoms with Gasteiger partial charge in [0.15, 0.2) is 12.4 Å². The van der Waals surface area contributed by atoms with Crippen LogP contribution < -0.4 is 4.74 Å². The molecule has 1 aromatic carbocycles. The summed E-state index contributed by atoms with van der Waals surface area (Å²) in [5, 5.41) is 0. The highest BCUT2D eigenvalue weighted by Gasteiger charge is 2.20. The van der Waals surface area contributed by atoms with Crippen molar-refractivity contribution in [2.45, 2.75) is 33.1 Å². The van der Waals surface area contributed by atoms with E-state index in [0.717, 1.165) is 11.3 Å². The third-order valence-corrected chi connectivity index (χ3v) is 3.10. The summed E-state index contributed by atoms with van der Waals surface area (Å²) in [6.45, 7) is 8.42. The van der Waals surface area contributed by atoms with Gasteiger partial charge in [-0.2, -0.15) is 0 Å². The van der Waals surface area contributed by atoms with Gasteiger partial charge >= 0.3 is 0 Å². The molecule has 0 N–H and O–H groups in total. The fourth-order valence-electron chi connectivity index (χ4n) is 2.01. The molecule has 0 fully saturated rings. The molecular weight excluding hydrogens is 252 g/mol. The minimum Gasteiger partial charge on any atom is -0.485 e. The summed E-state index contributed by atoms with van der Waals surface area (Å²) in [5.74, 6) is 0.924. The fraction of sp³-hybridized carbons (Fsp3) is 0.353. The van der Waals surface area contributed by atoms with Gasteiger partial charge in [0, 0.05) is 0 Å². The Morgan fingerprint density at radius 3 is 2.60 bits per heavy atom. The topological polar surface area (TPSA) is 39.4 Å². The lowest BCUT2D eigenvalue weighted by Gasteiger charge is -2.23. The molecule has 0 aliphatic heterocycles. The number of furan rings is 1. The maximum absolute atomic E-state index is 11.9. The zero-order valence-corrected chi connectivity index (χ0v) is 12.4.